The van der Waals surface area contributed by atoms with Crippen molar-refractivity contribution in [2.45, 2.75) is 32.4 Å². The first-order chi connectivity index (χ1) is 10.1. The number of hydrogen-bond donors (Lipinski definition) is 2. The van der Waals surface area contributed by atoms with Gasteiger partial charge in [-0.15, -0.1) is 0 Å². The Morgan fingerprint density at radius 1 is 1.33 bits per heavy atom. The molecule has 5 heteroatoms. The third kappa shape index (κ3) is 5.39. The summed E-state index contributed by atoms with van der Waals surface area (Å²) in [6, 6.07) is 8.06. The lowest BCUT2D eigenvalue weighted by Gasteiger charge is -2.20. The van der Waals surface area contributed by atoms with Gasteiger partial charge in [0.05, 0.1) is 0 Å². The van der Waals surface area contributed by atoms with E-state index in [1.54, 1.807) is 38.1 Å². The molecule has 1 aromatic rings. The first kappa shape index (κ1) is 16.9. The number of carboxylic acid groups (broad SMARTS) is 1. The summed E-state index contributed by atoms with van der Waals surface area (Å²) in [6.45, 7) is 3.95. The Balaban J connectivity index is 2.83. The van der Waals surface area contributed by atoms with Crippen molar-refractivity contribution in [3.63, 3.8) is 0 Å². The minimum Gasteiger partial charge on any atom is -0.480 e. The molecule has 114 valence electrons. The molecule has 1 amide bonds. The fourth-order valence-corrected chi connectivity index (χ4v) is 1.86. The van der Waals surface area contributed by atoms with E-state index in [0.29, 0.717) is 12.2 Å². The normalized spacial score (nSPS) is 13.8. The fourth-order valence-electron chi connectivity index (χ4n) is 1.86. The summed E-state index contributed by atoms with van der Waals surface area (Å²) < 4.78 is 5.45. The van der Waals surface area contributed by atoms with Crippen molar-refractivity contribution in [1.82, 2.24) is 5.32 Å². The molecule has 21 heavy (non-hydrogen) atoms. The van der Waals surface area contributed by atoms with Crippen LogP contribution in [0.15, 0.2) is 42.5 Å². The smallest absolute Gasteiger partial charge is 0.326 e. The predicted molar refractivity (Wildman–Crippen MR) is 79.8 cm³/mol. The number of amides is 1. The highest BCUT2D eigenvalue weighted by atomic mass is 16.5. The summed E-state index contributed by atoms with van der Waals surface area (Å²) in [7, 11) is 0. The van der Waals surface area contributed by atoms with Gasteiger partial charge in [-0.05, 0) is 25.8 Å². The Labute approximate surface area is 124 Å². The van der Waals surface area contributed by atoms with Crippen LogP contribution in [0.4, 0.5) is 0 Å². The number of carboxylic acids is 1. The SMILES string of the molecule is C/C=C/CC(NC(=O)C(OCC)c1ccccc1)C(=O)O. The molecule has 0 spiro atoms. The highest BCUT2D eigenvalue weighted by Gasteiger charge is 2.25. The average molecular weight is 291 g/mol. The molecule has 0 heterocycles. The third-order valence-corrected chi connectivity index (χ3v) is 2.90. The number of allylic oxidation sites excluding steroid dienone is 1. The molecule has 2 unspecified atom stereocenters. The average Bonchev–Trinajstić information content (AvgIpc) is 2.49. The summed E-state index contributed by atoms with van der Waals surface area (Å²) in [5.41, 5.74) is 0.701. The summed E-state index contributed by atoms with van der Waals surface area (Å²) in [5, 5.41) is 11.7. The molecule has 0 aliphatic heterocycles. The topological polar surface area (TPSA) is 75.6 Å². The molecule has 0 radical (unpaired) electrons. The van der Waals surface area contributed by atoms with Crippen LogP contribution in [0.5, 0.6) is 0 Å². The van der Waals surface area contributed by atoms with Crippen LogP contribution in [0.3, 0.4) is 0 Å². The highest BCUT2D eigenvalue weighted by molar-refractivity contribution is 5.87. The second-order valence-corrected chi connectivity index (χ2v) is 4.45. The third-order valence-electron chi connectivity index (χ3n) is 2.90. The first-order valence-corrected chi connectivity index (χ1v) is 6.91. The largest absolute Gasteiger partial charge is 0.480 e. The number of carbonyl (C=O) groups excluding carboxylic acids is 1. The quantitative estimate of drug-likeness (QED) is 0.721. The van der Waals surface area contributed by atoms with Crippen LogP contribution >= 0.6 is 0 Å². The molecule has 0 aliphatic rings. The molecule has 0 saturated heterocycles. The Morgan fingerprint density at radius 3 is 2.52 bits per heavy atom. The standard InChI is InChI=1S/C16H21NO4/c1-3-5-11-13(16(19)20)17-15(18)14(21-4-2)12-9-7-6-8-10-12/h3,5-10,13-14H,4,11H2,1-2H3,(H,17,18)(H,19,20)/b5-3+. The number of ether oxygens (including phenoxy) is 1. The van der Waals surface area contributed by atoms with Crippen LogP contribution in [0.25, 0.3) is 0 Å². The van der Waals surface area contributed by atoms with Gasteiger partial charge in [0.1, 0.15) is 6.04 Å². The molecule has 0 fully saturated rings. The van der Waals surface area contributed by atoms with Crippen LogP contribution in [-0.2, 0) is 14.3 Å². The van der Waals surface area contributed by atoms with Gasteiger partial charge in [0.25, 0.3) is 5.91 Å². The maximum Gasteiger partial charge on any atom is 0.326 e. The Morgan fingerprint density at radius 2 is 2.00 bits per heavy atom. The maximum absolute atomic E-state index is 12.3. The van der Waals surface area contributed by atoms with Crippen molar-refractivity contribution >= 4 is 11.9 Å². The Bertz CT molecular complexity index is 484. The molecule has 5 nitrogen and oxygen atoms in total. The van der Waals surface area contributed by atoms with Gasteiger partial charge in [-0.2, -0.15) is 0 Å². The molecule has 1 rings (SSSR count). The molecular weight excluding hydrogens is 270 g/mol. The minimum absolute atomic E-state index is 0.241. The van der Waals surface area contributed by atoms with E-state index < -0.39 is 24.0 Å². The summed E-state index contributed by atoms with van der Waals surface area (Å²) in [4.78, 5) is 23.5. The number of aliphatic carboxylic acids is 1. The van der Waals surface area contributed by atoms with E-state index >= 15 is 0 Å². The number of benzene rings is 1. The zero-order valence-electron chi connectivity index (χ0n) is 12.3. The van der Waals surface area contributed by atoms with Gasteiger partial charge in [-0.25, -0.2) is 4.79 Å². The number of nitrogens with one attached hydrogen (secondary N) is 1. The van der Waals surface area contributed by atoms with E-state index in [9.17, 15) is 9.59 Å². The van der Waals surface area contributed by atoms with Crippen LogP contribution in [0.2, 0.25) is 0 Å². The van der Waals surface area contributed by atoms with Crippen molar-refractivity contribution in [2.24, 2.45) is 0 Å². The van der Waals surface area contributed by atoms with Crippen molar-refractivity contribution in [1.29, 1.82) is 0 Å². The second kappa shape index (κ2) is 8.92. The highest BCUT2D eigenvalue weighted by Crippen LogP contribution is 2.17. The van der Waals surface area contributed by atoms with Crippen molar-refractivity contribution < 1.29 is 19.4 Å². The van der Waals surface area contributed by atoms with Gasteiger partial charge in [0.2, 0.25) is 0 Å². The number of rotatable bonds is 8. The van der Waals surface area contributed by atoms with Crippen LogP contribution in [-0.4, -0.2) is 29.6 Å². The van der Waals surface area contributed by atoms with E-state index in [4.69, 9.17) is 9.84 Å². The van der Waals surface area contributed by atoms with Crippen LogP contribution in [0.1, 0.15) is 31.9 Å². The molecule has 0 aliphatic carbocycles. The predicted octanol–water partition coefficient (Wildman–Crippen LogP) is 2.30. The van der Waals surface area contributed by atoms with E-state index in [1.807, 2.05) is 18.2 Å². The van der Waals surface area contributed by atoms with Crippen molar-refractivity contribution in [3.05, 3.63) is 48.0 Å². The second-order valence-electron chi connectivity index (χ2n) is 4.45. The first-order valence-electron chi connectivity index (χ1n) is 6.91. The van der Waals surface area contributed by atoms with Gasteiger partial charge in [-0.3, -0.25) is 4.79 Å². The van der Waals surface area contributed by atoms with E-state index in [1.165, 1.54) is 0 Å². The lowest BCUT2D eigenvalue weighted by molar-refractivity contribution is -0.144. The molecule has 2 N–H and O–H groups in total. The minimum atomic E-state index is -1.07. The van der Waals surface area contributed by atoms with Crippen molar-refractivity contribution in [3.8, 4) is 0 Å². The van der Waals surface area contributed by atoms with Crippen LogP contribution < -0.4 is 5.32 Å². The van der Waals surface area contributed by atoms with Crippen molar-refractivity contribution in [2.75, 3.05) is 6.61 Å². The van der Waals surface area contributed by atoms with Gasteiger partial charge in [0, 0.05) is 6.61 Å². The maximum atomic E-state index is 12.3. The molecule has 1 aromatic carbocycles. The lowest BCUT2D eigenvalue weighted by Crippen LogP contribution is -2.43. The zero-order valence-corrected chi connectivity index (χ0v) is 12.3. The monoisotopic (exact) mass is 291 g/mol. The van der Waals surface area contributed by atoms with Gasteiger partial charge < -0.3 is 15.2 Å². The summed E-state index contributed by atoms with van der Waals surface area (Å²) in [6.07, 6.45) is 2.89. The van der Waals surface area contributed by atoms with Gasteiger partial charge in [-0.1, -0.05) is 42.5 Å². The van der Waals surface area contributed by atoms with Crippen LogP contribution in [0, 0.1) is 0 Å². The number of carbonyl (C=O) groups is 2. The number of hydrogen-bond acceptors (Lipinski definition) is 3. The van der Waals surface area contributed by atoms with Gasteiger partial charge >= 0.3 is 5.97 Å². The van der Waals surface area contributed by atoms with E-state index in [-0.39, 0.29) is 6.42 Å². The molecule has 0 aromatic heterocycles. The Hall–Kier alpha value is -2.14. The fraction of sp³-hybridized carbons (Fsp3) is 0.375. The molecule has 0 saturated carbocycles. The summed E-state index contributed by atoms with van der Waals surface area (Å²) >= 11 is 0. The summed E-state index contributed by atoms with van der Waals surface area (Å²) in [5.74, 6) is -1.51. The molecule has 2 atom stereocenters. The van der Waals surface area contributed by atoms with E-state index in [0.717, 1.165) is 0 Å². The zero-order chi connectivity index (χ0) is 15.7. The van der Waals surface area contributed by atoms with Gasteiger partial charge in [0.15, 0.2) is 6.10 Å². The Kier molecular flexibility index (Phi) is 7.18. The molecule has 0 bridgehead atoms. The molecular formula is C16H21NO4. The lowest BCUT2D eigenvalue weighted by atomic mass is 10.1. The van der Waals surface area contributed by atoms with E-state index in [2.05, 4.69) is 5.32 Å².